The van der Waals surface area contributed by atoms with Crippen molar-refractivity contribution in [1.29, 1.82) is 0 Å². The molecule has 0 bridgehead atoms. The fourth-order valence-corrected chi connectivity index (χ4v) is 2.21. The molecule has 3 aromatic rings. The molecule has 2 heterocycles. The molecular weight excluding hydrogens is 367 g/mol. The van der Waals surface area contributed by atoms with E-state index in [2.05, 4.69) is 29.8 Å². The third-order valence-electron chi connectivity index (χ3n) is 3.40. The summed E-state index contributed by atoms with van der Waals surface area (Å²) >= 11 is 0. The summed E-state index contributed by atoms with van der Waals surface area (Å²) in [4.78, 5) is 4.21. The van der Waals surface area contributed by atoms with E-state index in [0.717, 1.165) is 11.1 Å². The number of alkyl halides is 3. The van der Waals surface area contributed by atoms with Crippen LogP contribution in [-0.4, -0.2) is 38.5 Å². The smallest absolute Gasteiger partial charge is 0.497 e. The second-order valence-electron chi connectivity index (χ2n) is 5.43. The summed E-state index contributed by atoms with van der Waals surface area (Å²) in [6.07, 6.45) is -0.476. The van der Waals surface area contributed by atoms with Gasteiger partial charge < -0.3 is 4.74 Å². The van der Waals surface area contributed by atoms with Gasteiger partial charge in [-0.2, -0.15) is 0 Å². The predicted molar refractivity (Wildman–Crippen MR) is 87.1 cm³/mol. The Hall–Kier alpha value is -3.21. The van der Waals surface area contributed by atoms with Crippen molar-refractivity contribution in [1.82, 2.24) is 25.1 Å². The number of benzene rings is 1. The quantitative estimate of drug-likeness (QED) is 0.647. The van der Waals surface area contributed by atoms with E-state index in [1.807, 2.05) is 19.1 Å². The molecule has 0 saturated carbocycles. The third-order valence-corrected chi connectivity index (χ3v) is 3.40. The molecule has 0 atom stereocenters. The molecule has 0 saturated heterocycles. The maximum Gasteiger partial charge on any atom is 0.522 e. The van der Waals surface area contributed by atoms with Crippen LogP contribution in [0.1, 0.15) is 17.0 Å². The van der Waals surface area contributed by atoms with Gasteiger partial charge in [0, 0.05) is 11.8 Å². The third kappa shape index (κ3) is 4.91. The van der Waals surface area contributed by atoms with Crippen molar-refractivity contribution in [3.63, 3.8) is 0 Å². The molecule has 0 N–H and O–H groups in total. The largest absolute Gasteiger partial charge is 0.522 e. The molecule has 142 valence electrons. The zero-order chi connectivity index (χ0) is 19.4. The highest BCUT2D eigenvalue weighted by atomic mass is 19.4. The van der Waals surface area contributed by atoms with Gasteiger partial charge in [-0.1, -0.05) is 10.3 Å². The number of hydrogen-bond donors (Lipinski definition) is 0. The van der Waals surface area contributed by atoms with Gasteiger partial charge in [-0.25, -0.2) is 14.3 Å². The van der Waals surface area contributed by atoms with Gasteiger partial charge >= 0.3 is 6.36 Å². The summed E-state index contributed by atoms with van der Waals surface area (Å²) < 4.78 is 51.2. The SMILES string of the molecule is COc1cc(C)cc(-c2ncn(/C=C\c3nonc3COC(F)(F)F)n2)c1. The van der Waals surface area contributed by atoms with Gasteiger partial charge in [-0.3, -0.25) is 4.74 Å². The molecule has 0 amide bonds. The molecule has 0 aliphatic carbocycles. The monoisotopic (exact) mass is 381 g/mol. The number of nitrogens with zero attached hydrogens (tertiary/aromatic N) is 5. The second-order valence-corrected chi connectivity index (χ2v) is 5.43. The first kappa shape index (κ1) is 18.6. The second kappa shape index (κ2) is 7.58. The van der Waals surface area contributed by atoms with Crippen molar-refractivity contribution < 1.29 is 27.3 Å². The molecule has 3 rings (SSSR count). The van der Waals surface area contributed by atoms with Gasteiger partial charge in [-0.15, -0.1) is 18.3 Å². The topological polar surface area (TPSA) is 88.1 Å². The van der Waals surface area contributed by atoms with Crippen LogP contribution in [-0.2, 0) is 11.3 Å². The van der Waals surface area contributed by atoms with E-state index >= 15 is 0 Å². The van der Waals surface area contributed by atoms with Crippen LogP contribution in [0, 0.1) is 6.92 Å². The van der Waals surface area contributed by atoms with E-state index in [0.29, 0.717) is 11.6 Å². The number of halogens is 3. The molecule has 11 heteroatoms. The van der Waals surface area contributed by atoms with Crippen LogP contribution in [0.5, 0.6) is 5.75 Å². The average molecular weight is 381 g/mol. The number of hydrogen-bond acceptors (Lipinski definition) is 7. The number of aromatic nitrogens is 5. The van der Waals surface area contributed by atoms with Crippen molar-refractivity contribution in [2.45, 2.75) is 19.9 Å². The number of methoxy groups -OCH3 is 1. The van der Waals surface area contributed by atoms with E-state index in [9.17, 15) is 13.2 Å². The summed E-state index contributed by atoms with van der Waals surface area (Å²) in [5.41, 5.74) is 1.75. The Bertz CT molecular complexity index is 949. The highest BCUT2D eigenvalue weighted by molar-refractivity contribution is 5.61. The Morgan fingerprint density at radius 1 is 1.22 bits per heavy atom. The molecular formula is C16H14F3N5O3. The summed E-state index contributed by atoms with van der Waals surface area (Å²) in [5, 5.41) is 11.2. The number of rotatable bonds is 6. The number of aryl methyl sites for hydroxylation is 1. The van der Waals surface area contributed by atoms with Crippen LogP contribution >= 0.6 is 0 Å². The van der Waals surface area contributed by atoms with Crippen molar-refractivity contribution >= 4 is 12.3 Å². The molecule has 2 aromatic heterocycles. The summed E-state index contributed by atoms with van der Waals surface area (Å²) in [7, 11) is 1.57. The summed E-state index contributed by atoms with van der Waals surface area (Å²) in [6, 6.07) is 5.58. The molecule has 8 nitrogen and oxygen atoms in total. The van der Waals surface area contributed by atoms with E-state index in [4.69, 9.17) is 4.74 Å². The van der Waals surface area contributed by atoms with Gasteiger partial charge in [0.15, 0.2) is 5.82 Å². The van der Waals surface area contributed by atoms with E-state index in [1.54, 1.807) is 13.2 Å². The number of ether oxygens (including phenoxy) is 2. The zero-order valence-corrected chi connectivity index (χ0v) is 14.3. The first-order valence-electron chi connectivity index (χ1n) is 7.61. The average Bonchev–Trinajstić information content (AvgIpc) is 3.26. The van der Waals surface area contributed by atoms with Gasteiger partial charge in [0.05, 0.1) is 7.11 Å². The summed E-state index contributed by atoms with van der Waals surface area (Å²) in [6.45, 7) is 1.11. The fourth-order valence-electron chi connectivity index (χ4n) is 2.21. The van der Waals surface area contributed by atoms with E-state index in [-0.39, 0.29) is 11.4 Å². The van der Waals surface area contributed by atoms with Crippen LogP contribution in [0.3, 0.4) is 0 Å². The van der Waals surface area contributed by atoms with E-state index in [1.165, 1.54) is 23.3 Å². The Morgan fingerprint density at radius 2 is 2.04 bits per heavy atom. The van der Waals surface area contributed by atoms with Crippen LogP contribution in [0.15, 0.2) is 29.2 Å². The Balaban J connectivity index is 1.75. The fraction of sp³-hybridized carbons (Fsp3) is 0.250. The van der Waals surface area contributed by atoms with Gasteiger partial charge in [0.1, 0.15) is 30.1 Å². The summed E-state index contributed by atoms with van der Waals surface area (Å²) in [5.74, 6) is 1.14. The molecule has 0 fully saturated rings. The van der Waals surface area contributed by atoms with Crippen molar-refractivity contribution in [2.75, 3.05) is 7.11 Å². The molecule has 27 heavy (non-hydrogen) atoms. The van der Waals surface area contributed by atoms with Crippen LogP contribution in [0.25, 0.3) is 23.7 Å². The molecule has 0 aliphatic heterocycles. The maximum atomic E-state index is 12.1. The zero-order valence-electron chi connectivity index (χ0n) is 14.3. The molecule has 0 spiro atoms. The lowest BCUT2D eigenvalue weighted by atomic mass is 10.1. The Kier molecular flexibility index (Phi) is 5.21. The normalized spacial score (nSPS) is 12.0. The highest BCUT2D eigenvalue weighted by Crippen LogP contribution is 2.23. The highest BCUT2D eigenvalue weighted by Gasteiger charge is 2.30. The minimum absolute atomic E-state index is 0.0904. The van der Waals surface area contributed by atoms with Crippen molar-refractivity contribution in [3.05, 3.63) is 41.5 Å². The lowest BCUT2D eigenvalue weighted by molar-refractivity contribution is -0.330. The van der Waals surface area contributed by atoms with Gasteiger partial charge in [0.2, 0.25) is 0 Å². The van der Waals surface area contributed by atoms with Crippen LogP contribution in [0.2, 0.25) is 0 Å². The molecule has 0 unspecified atom stereocenters. The van der Waals surface area contributed by atoms with E-state index < -0.39 is 13.0 Å². The Labute approximate surface area is 151 Å². The lowest BCUT2D eigenvalue weighted by Crippen LogP contribution is -2.13. The lowest BCUT2D eigenvalue weighted by Gasteiger charge is -2.04. The Morgan fingerprint density at radius 3 is 2.78 bits per heavy atom. The maximum absolute atomic E-state index is 12.1. The van der Waals surface area contributed by atoms with Crippen molar-refractivity contribution in [2.24, 2.45) is 0 Å². The van der Waals surface area contributed by atoms with Crippen LogP contribution < -0.4 is 4.74 Å². The first-order valence-corrected chi connectivity index (χ1v) is 7.61. The first-order chi connectivity index (χ1) is 12.8. The predicted octanol–water partition coefficient (Wildman–Crippen LogP) is 3.31. The minimum Gasteiger partial charge on any atom is -0.497 e. The van der Waals surface area contributed by atoms with Crippen molar-refractivity contribution in [3.8, 4) is 17.1 Å². The molecule has 1 aromatic carbocycles. The standard InChI is InChI=1S/C16H14F3N5O3/c1-10-5-11(7-12(6-10)25-2)15-20-9-24(21-15)4-3-13-14(23-27-22-13)8-26-16(17,18)19/h3-7,9H,8H2,1-2H3/b4-3-. The molecule has 0 aliphatic rings. The van der Waals surface area contributed by atoms with Gasteiger partial charge in [0.25, 0.3) is 0 Å². The minimum atomic E-state index is -4.77. The van der Waals surface area contributed by atoms with Crippen LogP contribution in [0.4, 0.5) is 13.2 Å². The van der Waals surface area contributed by atoms with Gasteiger partial charge in [-0.05, 0) is 36.8 Å². The molecule has 0 radical (unpaired) electrons.